The first kappa shape index (κ1) is 12.2. The van der Waals surface area contributed by atoms with Crippen LogP contribution in [0, 0.1) is 0 Å². The van der Waals surface area contributed by atoms with Crippen LogP contribution in [0.5, 0.6) is 11.5 Å². The van der Waals surface area contributed by atoms with E-state index < -0.39 is 0 Å². The largest absolute Gasteiger partial charge is 0.493 e. The van der Waals surface area contributed by atoms with Crippen LogP contribution in [-0.2, 0) is 0 Å². The molecule has 2 unspecified atom stereocenters. The average Bonchev–Trinajstić information content (AvgIpc) is 2.38. The van der Waals surface area contributed by atoms with Gasteiger partial charge >= 0.3 is 0 Å². The maximum Gasteiger partial charge on any atom is 0.164 e. The van der Waals surface area contributed by atoms with E-state index in [4.69, 9.17) is 9.47 Å². The Hall–Kier alpha value is -1.22. The topological polar surface area (TPSA) is 30.5 Å². The lowest BCUT2D eigenvalue weighted by atomic mass is 9.88. The molecule has 0 radical (unpaired) electrons. The number of hydrogen-bond acceptors (Lipinski definition) is 3. The minimum absolute atomic E-state index is 0.524. The number of piperidine rings is 1. The second-order valence-corrected chi connectivity index (χ2v) is 4.67. The Kier molecular flexibility index (Phi) is 3.89. The number of nitrogens with one attached hydrogen (secondary N) is 1. The van der Waals surface area contributed by atoms with Gasteiger partial charge in [-0.25, -0.2) is 0 Å². The molecule has 0 aromatic heterocycles. The molecule has 1 saturated heterocycles. The molecule has 3 nitrogen and oxygen atoms in total. The normalized spacial score (nSPS) is 24.4. The lowest BCUT2D eigenvalue weighted by Crippen LogP contribution is -2.35. The molecule has 1 N–H and O–H groups in total. The summed E-state index contributed by atoms with van der Waals surface area (Å²) in [6.45, 7) is 3.25. The van der Waals surface area contributed by atoms with Gasteiger partial charge in [-0.2, -0.15) is 0 Å². The van der Waals surface area contributed by atoms with Crippen molar-refractivity contribution in [1.82, 2.24) is 5.32 Å². The van der Waals surface area contributed by atoms with Gasteiger partial charge in [0.25, 0.3) is 0 Å². The zero-order valence-corrected chi connectivity index (χ0v) is 10.8. The van der Waals surface area contributed by atoms with Crippen LogP contribution in [0.1, 0.15) is 31.2 Å². The van der Waals surface area contributed by atoms with E-state index in [1.54, 1.807) is 14.2 Å². The number of para-hydroxylation sites is 1. The van der Waals surface area contributed by atoms with Crippen LogP contribution in [0.3, 0.4) is 0 Å². The molecular formula is C14H21NO2. The number of ether oxygens (including phenoxy) is 2. The monoisotopic (exact) mass is 235 g/mol. The Morgan fingerprint density at radius 1 is 1.18 bits per heavy atom. The minimum atomic E-state index is 0.524. The van der Waals surface area contributed by atoms with E-state index >= 15 is 0 Å². The molecule has 1 fully saturated rings. The molecule has 0 amide bonds. The van der Waals surface area contributed by atoms with Gasteiger partial charge in [0.15, 0.2) is 11.5 Å². The van der Waals surface area contributed by atoms with Crippen molar-refractivity contribution in [1.29, 1.82) is 0 Å². The third-order valence-electron chi connectivity index (χ3n) is 3.53. The van der Waals surface area contributed by atoms with Crippen molar-refractivity contribution in [3.63, 3.8) is 0 Å². The van der Waals surface area contributed by atoms with E-state index in [9.17, 15) is 0 Å². The van der Waals surface area contributed by atoms with Crippen LogP contribution in [0.4, 0.5) is 0 Å². The molecule has 1 aliphatic rings. The van der Waals surface area contributed by atoms with Crippen molar-refractivity contribution in [3.8, 4) is 11.5 Å². The first-order valence-electron chi connectivity index (χ1n) is 6.20. The molecule has 0 aliphatic carbocycles. The zero-order chi connectivity index (χ0) is 12.3. The van der Waals surface area contributed by atoms with Gasteiger partial charge in [0.05, 0.1) is 14.2 Å². The molecule has 1 aromatic carbocycles. The van der Waals surface area contributed by atoms with Crippen LogP contribution in [0.2, 0.25) is 0 Å². The van der Waals surface area contributed by atoms with Gasteiger partial charge in [-0.3, -0.25) is 0 Å². The Labute approximate surface area is 103 Å². The molecule has 1 aliphatic heterocycles. The summed E-state index contributed by atoms with van der Waals surface area (Å²) in [5.41, 5.74) is 1.26. The van der Waals surface area contributed by atoms with E-state index in [0.717, 1.165) is 18.0 Å². The average molecular weight is 235 g/mol. The van der Waals surface area contributed by atoms with Crippen molar-refractivity contribution in [2.24, 2.45) is 0 Å². The fraction of sp³-hybridized carbons (Fsp3) is 0.571. The molecule has 17 heavy (non-hydrogen) atoms. The fourth-order valence-electron chi connectivity index (χ4n) is 2.50. The summed E-state index contributed by atoms with van der Waals surface area (Å²) in [6.07, 6.45) is 2.42. The van der Waals surface area contributed by atoms with Gasteiger partial charge in [-0.15, -0.1) is 0 Å². The molecule has 1 aromatic rings. The van der Waals surface area contributed by atoms with Crippen LogP contribution in [0.25, 0.3) is 0 Å². The van der Waals surface area contributed by atoms with Gasteiger partial charge < -0.3 is 14.8 Å². The van der Waals surface area contributed by atoms with E-state index in [-0.39, 0.29) is 0 Å². The summed E-state index contributed by atoms with van der Waals surface area (Å²) in [4.78, 5) is 0. The smallest absolute Gasteiger partial charge is 0.164 e. The van der Waals surface area contributed by atoms with Gasteiger partial charge in [-0.1, -0.05) is 12.1 Å². The SMILES string of the molecule is COc1cccc(C2CCC(C)NC2)c1OC. The van der Waals surface area contributed by atoms with Crippen LogP contribution >= 0.6 is 0 Å². The van der Waals surface area contributed by atoms with Gasteiger partial charge in [0.2, 0.25) is 0 Å². The Bertz CT molecular complexity index is 370. The quantitative estimate of drug-likeness (QED) is 0.873. The van der Waals surface area contributed by atoms with E-state index in [1.165, 1.54) is 18.4 Å². The number of hydrogen-bond donors (Lipinski definition) is 1. The van der Waals surface area contributed by atoms with Crippen LogP contribution < -0.4 is 14.8 Å². The molecule has 2 atom stereocenters. The number of rotatable bonds is 3. The van der Waals surface area contributed by atoms with Crippen molar-refractivity contribution < 1.29 is 9.47 Å². The van der Waals surface area contributed by atoms with Gasteiger partial charge in [-0.05, 0) is 25.8 Å². The minimum Gasteiger partial charge on any atom is -0.493 e. The van der Waals surface area contributed by atoms with Gasteiger partial charge in [0.1, 0.15) is 0 Å². The molecule has 1 heterocycles. The second kappa shape index (κ2) is 5.41. The van der Waals surface area contributed by atoms with Crippen molar-refractivity contribution in [3.05, 3.63) is 23.8 Å². The van der Waals surface area contributed by atoms with Crippen molar-refractivity contribution >= 4 is 0 Å². The second-order valence-electron chi connectivity index (χ2n) is 4.67. The summed E-state index contributed by atoms with van der Waals surface area (Å²) < 4.78 is 10.8. The molecule has 0 saturated carbocycles. The summed E-state index contributed by atoms with van der Waals surface area (Å²) in [6, 6.07) is 6.75. The highest BCUT2D eigenvalue weighted by Crippen LogP contribution is 2.38. The summed E-state index contributed by atoms with van der Waals surface area (Å²) in [5, 5.41) is 3.52. The van der Waals surface area contributed by atoms with Crippen molar-refractivity contribution in [2.45, 2.75) is 31.7 Å². The zero-order valence-electron chi connectivity index (χ0n) is 10.8. The predicted octanol–water partition coefficient (Wildman–Crippen LogP) is 2.56. The van der Waals surface area contributed by atoms with E-state index in [2.05, 4.69) is 18.3 Å². The third-order valence-corrected chi connectivity index (χ3v) is 3.53. The van der Waals surface area contributed by atoms with Crippen LogP contribution in [-0.4, -0.2) is 26.8 Å². The first-order valence-corrected chi connectivity index (χ1v) is 6.20. The maximum atomic E-state index is 5.49. The molecule has 94 valence electrons. The van der Waals surface area contributed by atoms with Crippen molar-refractivity contribution in [2.75, 3.05) is 20.8 Å². The standard InChI is InChI=1S/C14H21NO2/c1-10-7-8-11(9-15-10)12-5-4-6-13(16-2)14(12)17-3/h4-6,10-11,15H,7-9H2,1-3H3. The predicted molar refractivity (Wildman–Crippen MR) is 69.0 cm³/mol. The maximum absolute atomic E-state index is 5.49. The van der Waals surface area contributed by atoms with Gasteiger partial charge in [0, 0.05) is 24.1 Å². The first-order chi connectivity index (χ1) is 8.26. The summed E-state index contributed by atoms with van der Waals surface area (Å²) in [7, 11) is 3.39. The summed E-state index contributed by atoms with van der Waals surface area (Å²) >= 11 is 0. The van der Waals surface area contributed by atoms with E-state index in [0.29, 0.717) is 12.0 Å². The molecule has 3 heteroatoms. The summed E-state index contributed by atoms with van der Waals surface area (Å²) in [5.74, 6) is 2.23. The molecule has 2 rings (SSSR count). The highest BCUT2D eigenvalue weighted by Gasteiger charge is 2.23. The van der Waals surface area contributed by atoms with Crippen LogP contribution in [0.15, 0.2) is 18.2 Å². The van der Waals surface area contributed by atoms with E-state index in [1.807, 2.05) is 12.1 Å². The lowest BCUT2D eigenvalue weighted by molar-refractivity contribution is 0.337. The Morgan fingerprint density at radius 2 is 2.00 bits per heavy atom. The lowest BCUT2D eigenvalue weighted by Gasteiger charge is -2.29. The number of benzene rings is 1. The molecular weight excluding hydrogens is 214 g/mol. The third kappa shape index (κ3) is 2.55. The Balaban J connectivity index is 2.25. The highest BCUT2D eigenvalue weighted by atomic mass is 16.5. The fourth-order valence-corrected chi connectivity index (χ4v) is 2.50. The molecule has 0 spiro atoms. The number of methoxy groups -OCH3 is 2. The Morgan fingerprint density at radius 3 is 2.59 bits per heavy atom. The molecule has 0 bridgehead atoms. The highest BCUT2D eigenvalue weighted by molar-refractivity contribution is 5.48.